The van der Waals surface area contributed by atoms with Crippen LogP contribution in [0.25, 0.3) is 6.08 Å². The monoisotopic (exact) mass is 261 g/mol. The number of terminal acetylenes is 1. The van der Waals surface area contributed by atoms with E-state index in [0.717, 1.165) is 16.7 Å². The van der Waals surface area contributed by atoms with E-state index in [4.69, 9.17) is 6.42 Å². The molecule has 0 spiro atoms. The number of hydrogen-bond acceptors (Lipinski definition) is 3. The van der Waals surface area contributed by atoms with Crippen LogP contribution in [0.5, 0.6) is 0 Å². The molecule has 0 radical (unpaired) electrons. The van der Waals surface area contributed by atoms with E-state index in [9.17, 15) is 14.0 Å². The van der Waals surface area contributed by atoms with Crippen LogP contribution in [0, 0.1) is 18.2 Å². The van der Waals surface area contributed by atoms with Gasteiger partial charge in [-0.05, 0) is 35.5 Å². The Morgan fingerprint density at radius 1 is 1.44 bits per heavy atom. The zero-order valence-corrected chi connectivity index (χ0v) is 10.0. The summed E-state index contributed by atoms with van der Waals surface area (Å²) in [5.41, 5.74) is 0.529. The summed E-state index contributed by atoms with van der Waals surface area (Å²) in [6.07, 6.45) is 6.55. The molecule has 2 rings (SSSR count). The lowest BCUT2D eigenvalue weighted by Crippen LogP contribution is -2.28. The molecule has 0 atom stereocenters. The molecule has 90 valence electrons. The van der Waals surface area contributed by atoms with Gasteiger partial charge < -0.3 is 0 Å². The van der Waals surface area contributed by atoms with Crippen molar-refractivity contribution in [2.75, 3.05) is 6.54 Å². The molecule has 1 heterocycles. The first kappa shape index (κ1) is 12.4. The van der Waals surface area contributed by atoms with Gasteiger partial charge in [-0.2, -0.15) is 0 Å². The lowest BCUT2D eigenvalue weighted by atomic mass is 10.2. The molecule has 5 heteroatoms. The molecule has 0 unspecified atom stereocenters. The van der Waals surface area contributed by atoms with Gasteiger partial charge in [0, 0.05) is 0 Å². The van der Waals surface area contributed by atoms with Gasteiger partial charge in [0.1, 0.15) is 5.82 Å². The second kappa shape index (κ2) is 5.07. The molecule has 1 aliphatic heterocycles. The maximum atomic E-state index is 13.0. The Morgan fingerprint density at radius 2 is 2.22 bits per heavy atom. The van der Waals surface area contributed by atoms with E-state index in [-0.39, 0.29) is 11.4 Å². The molecule has 0 aromatic heterocycles. The van der Waals surface area contributed by atoms with Crippen molar-refractivity contribution < 1.29 is 14.0 Å². The van der Waals surface area contributed by atoms with Crippen LogP contribution in [0.3, 0.4) is 0 Å². The minimum Gasteiger partial charge on any atom is -0.268 e. The average Bonchev–Trinajstić information content (AvgIpc) is 2.57. The highest BCUT2D eigenvalue weighted by Gasteiger charge is 2.34. The number of halogens is 1. The summed E-state index contributed by atoms with van der Waals surface area (Å²) < 4.78 is 13.0. The molecular formula is C13H8FNO2S. The Balaban J connectivity index is 2.28. The number of rotatable bonds is 2. The second-order valence-electron chi connectivity index (χ2n) is 3.53. The van der Waals surface area contributed by atoms with Crippen molar-refractivity contribution in [3.63, 3.8) is 0 Å². The topological polar surface area (TPSA) is 37.4 Å². The van der Waals surface area contributed by atoms with Crippen molar-refractivity contribution in [2.24, 2.45) is 0 Å². The first-order valence-electron chi connectivity index (χ1n) is 5.06. The lowest BCUT2D eigenvalue weighted by Gasteiger charge is -2.06. The van der Waals surface area contributed by atoms with Crippen LogP contribution in [-0.4, -0.2) is 22.6 Å². The van der Waals surface area contributed by atoms with Gasteiger partial charge in [-0.1, -0.05) is 18.1 Å². The fourth-order valence-corrected chi connectivity index (χ4v) is 2.31. The first-order valence-corrected chi connectivity index (χ1v) is 5.88. The predicted molar refractivity (Wildman–Crippen MR) is 67.9 cm³/mol. The summed E-state index contributed by atoms with van der Waals surface area (Å²) in [6.45, 7) is -0.0504. The van der Waals surface area contributed by atoms with Gasteiger partial charge in [0.15, 0.2) is 0 Å². The maximum absolute atomic E-state index is 13.0. The molecule has 18 heavy (non-hydrogen) atoms. The van der Waals surface area contributed by atoms with Gasteiger partial charge in [-0.3, -0.25) is 14.5 Å². The summed E-state index contributed by atoms with van der Waals surface area (Å²) in [5.74, 6) is 1.41. The van der Waals surface area contributed by atoms with Crippen LogP contribution in [0.2, 0.25) is 0 Å². The lowest BCUT2D eigenvalue weighted by molar-refractivity contribution is -0.122. The highest BCUT2D eigenvalue weighted by Crippen LogP contribution is 2.31. The molecule has 1 aromatic rings. The Hall–Kier alpha value is -2.06. The van der Waals surface area contributed by atoms with Crippen molar-refractivity contribution >= 4 is 29.0 Å². The van der Waals surface area contributed by atoms with Gasteiger partial charge in [0.25, 0.3) is 11.1 Å². The number of benzene rings is 1. The minimum absolute atomic E-state index is 0.0504. The van der Waals surface area contributed by atoms with Crippen LogP contribution in [0.1, 0.15) is 5.56 Å². The van der Waals surface area contributed by atoms with E-state index >= 15 is 0 Å². The zero-order chi connectivity index (χ0) is 13.1. The van der Waals surface area contributed by atoms with Gasteiger partial charge >= 0.3 is 0 Å². The van der Waals surface area contributed by atoms with E-state index in [0.29, 0.717) is 5.56 Å². The second-order valence-corrected chi connectivity index (χ2v) is 4.52. The summed E-state index contributed by atoms with van der Waals surface area (Å²) in [6, 6.07) is 5.78. The van der Waals surface area contributed by atoms with Crippen LogP contribution >= 0.6 is 11.8 Å². The van der Waals surface area contributed by atoms with Gasteiger partial charge in [-0.25, -0.2) is 4.39 Å². The highest BCUT2D eigenvalue weighted by atomic mass is 32.2. The molecule has 0 bridgehead atoms. The Bertz CT molecular complexity index is 589. The first-order chi connectivity index (χ1) is 8.61. The van der Waals surface area contributed by atoms with Crippen LogP contribution < -0.4 is 0 Å². The largest absolute Gasteiger partial charge is 0.294 e. The third kappa shape index (κ3) is 2.44. The Labute approximate surface area is 108 Å². The van der Waals surface area contributed by atoms with E-state index in [1.54, 1.807) is 6.07 Å². The van der Waals surface area contributed by atoms with Crippen LogP contribution in [-0.2, 0) is 4.79 Å². The standard InChI is InChI=1S/C13H8FNO2S/c1-2-6-15-12(16)11(18-13(15)17)8-9-4-3-5-10(14)7-9/h1,3-5,7-8H,6H2/b11-8+. The summed E-state index contributed by atoms with van der Waals surface area (Å²) in [7, 11) is 0. The van der Waals surface area contributed by atoms with Gasteiger partial charge in [0.2, 0.25) is 0 Å². The summed E-state index contributed by atoms with van der Waals surface area (Å²) in [5, 5.41) is -0.402. The molecule has 2 amide bonds. The van der Waals surface area contributed by atoms with Crippen molar-refractivity contribution in [3.05, 3.63) is 40.6 Å². The molecule has 0 aliphatic carbocycles. The molecule has 1 aromatic carbocycles. The van der Waals surface area contributed by atoms with E-state index in [1.165, 1.54) is 24.3 Å². The zero-order valence-electron chi connectivity index (χ0n) is 9.22. The maximum Gasteiger partial charge on any atom is 0.294 e. The Morgan fingerprint density at radius 3 is 2.89 bits per heavy atom. The summed E-state index contributed by atoms with van der Waals surface area (Å²) >= 11 is 0.803. The van der Waals surface area contributed by atoms with E-state index < -0.39 is 17.0 Å². The van der Waals surface area contributed by atoms with E-state index in [2.05, 4.69) is 5.92 Å². The molecule has 3 nitrogen and oxygen atoms in total. The predicted octanol–water partition coefficient (Wildman–Crippen LogP) is 2.50. The number of carbonyl (C=O) groups excluding carboxylic acids is 2. The molecule has 0 N–H and O–H groups in total. The third-order valence-electron chi connectivity index (χ3n) is 2.27. The molecule has 0 saturated carbocycles. The average molecular weight is 261 g/mol. The number of amides is 2. The number of nitrogens with zero attached hydrogens (tertiary/aromatic N) is 1. The van der Waals surface area contributed by atoms with E-state index in [1.807, 2.05) is 0 Å². The quantitative estimate of drug-likeness (QED) is 0.606. The van der Waals surface area contributed by atoms with Gasteiger partial charge in [-0.15, -0.1) is 6.42 Å². The van der Waals surface area contributed by atoms with Crippen molar-refractivity contribution in [1.29, 1.82) is 0 Å². The fourth-order valence-electron chi connectivity index (χ4n) is 1.48. The molecule has 1 aliphatic rings. The minimum atomic E-state index is -0.438. The molecular weight excluding hydrogens is 253 g/mol. The van der Waals surface area contributed by atoms with Crippen LogP contribution in [0.4, 0.5) is 9.18 Å². The van der Waals surface area contributed by atoms with Crippen molar-refractivity contribution in [1.82, 2.24) is 4.90 Å². The number of imide groups is 1. The SMILES string of the molecule is C#CCN1C(=O)S/C(=C/c2cccc(F)c2)C1=O. The summed E-state index contributed by atoms with van der Waals surface area (Å²) in [4.78, 5) is 24.6. The molecule has 1 fully saturated rings. The molecule has 1 saturated heterocycles. The Kier molecular flexibility index (Phi) is 3.49. The van der Waals surface area contributed by atoms with Crippen LogP contribution in [0.15, 0.2) is 29.2 Å². The van der Waals surface area contributed by atoms with Crippen molar-refractivity contribution in [2.45, 2.75) is 0 Å². The normalized spacial score (nSPS) is 17.3. The number of hydrogen-bond donors (Lipinski definition) is 0. The highest BCUT2D eigenvalue weighted by molar-refractivity contribution is 8.18. The third-order valence-corrected chi connectivity index (χ3v) is 3.18. The number of thioether (sulfide) groups is 1. The number of carbonyl (C=O) groups is 2. The van der Waals surface area contributed by atoms with Crippen molar-refractivity contribution in [3.8, 4) is 12.3 Å². The smallest absolute Gasteiger partial charge is 0.268 e. The van der Waals surface area contributed by atoms with Gasteiger partial charge in [0.05, 0.1) is 11.4 Å². The fraction of sp³-hybridized carbons (Fsp3) is 0.0769.